The first-order valence-corrected chi connectivity index (χ1v) is 10.9. The summed E-state index contributed by atoms with van der Waals surface area (Å²) >= 11 is 0. The lowest BCUT2D eigenvalue weighted by Crippen LogP contribution is -2.36. The number of hydrogen-bond acceptors (Lipinski definition) is 3. The fraction of sp³-hybridized carbons (Fsp3) is 0.722. The van der Waals surface area contributed by atoms with E-state index in [0.29, 0.717) is 24.0 Å². The highest BCUT2D eigenvalue weighted by Crippen LogP contribution is 2.22. The lowest BCUT2D eigenvalue weighted by atomic mass is 9.97. The van der Waals surface area contributed by atoms with E-state index in [2.05, 4.69) is 10.3 Å². The number of sulfonamides is 1. The Bertz CT molecular complexity index is 602. The van der Waals surface area contributed by atoms with E-state index in [9.17, 15) is 8.42 Å². The molecule has 1 aliphatic carbocycles. The van der Waals surface area contributed by atoms with Crippen molar-refractivity contribution in [2.24, 2.45) is 0 Å². The van der Waals surface area contributed by atoms with Crippen molar-refractivity contribution in [3.63, 3.8) is 0 Å². The molecule has 1 aromatic rings. The van der Waals surface area contributed by atoms with Crippen LogP contribution < -0.4 is 10.3 Å². The molecule has 0 bridgehead atoms. The van der Waals surface area contributed by atoms with Gasteiger partial charge in [-0.25, -0.2) is 13.4 Å². The number of aromatic amines is 1. The van der Waals surface area contributed by atoms with Crippen molar-refractivity contribution in [1.82, 2.24) is 4.31 Å². The second kappa shape index (κ2) is 8.30. The van der Waals surface area contributed by atoms with Gasteiger partial charge in [-0.15, -0.1) is 0 Å². The third kappa shape index (κ3) is 4.48. The van der Waals surface area contributed by atoms with E-state index in [1.165, 1.54) is 44.9 Å². The summed E-state index contributed by atoms with van der Waals surface area (Å²) in [5, 5.41) is 3.54. The van der Waals surface area contributed by atoms with Crippen molar-refractivity contribution >= 4 is 15.8 Å². The van der Waals surface area contributed by atoms with Crippen molar-refractivity contribution < 1.29 is 13.4 Å². The molecule has 2 aliphatic rings. The molecule has 1 saturated heterocycles. The summed E-state index contributed by atoms with van der Waals surface area (Å²) in [5.74, 6) is 0.915. The minimum absolute atomic E-state index is 0.368. The average molecular weight is 353 g/mol. The number of aromatic nitrogens is 1. The van der Waals surface area contributed by atoms with Crippen LogP contribution in [0.2, 0.25) is 0 Å². The van der Waals surface area contributed by atoms with Crippen molar-refractivity contribution in [3.8, 4) is 0 Å². The summed E-state index contributed by atoms with van der Waals surface area (Å²) in [6, 6.07) is 4.09. The van der Waals surface area contributed by atoms with Gasteiger partial charge in [-0.1, -0.05) is 25.7 Å². The van der Waals surface area contributed by atoms with E-state index in [-0.39, 0.29) is 0 Å². The van der Waals surface area contributed by atoms with Crippen LogP contribution in [-0.2, 0) is 10.0 Å². The van der Waals surface area contributed by atoms with E-state index in [4.69, 9.17) is 0 Å². The normalized spacial score (nSPS) is 21.8. The molecule has 2 heterocycles. The summed E-state index contributed by atoms with van der Waals surface area (Å²) < 4.78 is 26.9. The Morgan fingerprint density at radius 1 is 0.917 bits per heavy atom. The maximum atomic E-state index is 12.7. The standard InChI is InChI=1S/C18H29N3O2S/c22-24(23,21-13-7-4-8-14-21)17-11-12-18(19-15-17)20-16-9-5-2-1-3-6-10-16/h11-12,15-16H,1-10,13-14H2,(H,19,20)/p+1. The van der Waals surface area contributed by atoms with Gasteiger partial charge in [-0.3, -0.25) is 5.32 Å². The Balaban J connectivity index is 1.64. The summed E-state index contributed by atoms with van der Waals surface area (Å²) in [6.07, 6.45) is 13.7. The first-order chi connectivity index (χ1) is 11.7. The average Bonchev–Trinajstić information content (AvgIpc) is 2.58. The van der Waals surface area contributed by atoms with Crippen LogP contribution in [0.1, 0.15) is 64.2 Å². The lowest BCUT2D eigenvalue weighted by molar-refractivity contribution is -0.364. The molecular weight excluding hydrogens is 322 g/mol. The molecule has 0 amide bonds. The molecule has 1 saturated carbocycles. The van der Waals surface area contributed by atoms with E-state index in [1.54, 1.807) is 16.6 Å². The second-order valence-corrected chi connectivity index (χ2v) is 9.03. The minimum atomic E-state index is -3.35. The number of nitrogens with zero attached hydrogens (tertiary/aromatic N) is 1. The van der Waals surface area contributed by atoms with Crippen LogP contribution >= 0.6 is 0 Å². The van der Waals surface area contributed by atoms with E-state index < -0.39 is 10.0 Å². The highest BCUT2D eigenvalue weighted by atomic mass is 32.2. The molecule has 6 heteroatoms. The van der Waals surface area contributed by atoms with Crippen molar-refractivity contribution in [1.29, 1.82) is 0 Å². The molecule has 0 spiro atoms. The number of hydrogen-bond donors (Lipinski definition) is 1. The topological polar surface area (TPSA) is 63.6 Å². The molecule has 0 aromatic carbocycles. The molecule has 134 valence electrons. The molecule has 1 aromatic heterocycles. The Morgan fingerprint density at radius 3 is 2.17 bits per heavy atom. The third-order valence-corrected chi connectivity index (χ3v) is 7.10. The number of H-pyrrole nitrogens is 1. The van der Waals surface area contributed by atoms with Crippen LogP contribution in [0.4, 0.5) is 5.82 Å². The molecule has 1 aliphatic heterocycles. The largest absolute Gasteiger partial charge is 0.272 e. The van der Waals surface area contributed by atoms with Gasteiger partial charge in [0.1, 0.15) is 11.1 Å². The van der Waals surface area contributed by atoms with Crippen molar-refractivity contribution in [2.75, 3.05) is 18.4 Å². The number of piperidine rings is 1. The second-order valence-electron chi connectivity index (χ2n) is 7.09. The third-order valence-electron chi connectivity index (χ3n) is 5.20. The van der Waals surface area contributed by atoms with Crippen molar-refractivity contribution in [2.45, 2.75) is 75.1 Å². The fourth-order valence-electron chi connectivity index (χ4n) is 3.74. The Labute approximate surface area is 145 Å². The molecule has 0 radical (unpaired) electrons. The number of rotatable bonds is 4. The Morgan fingerprint density at radius 2 is 1.54 bits per heavy atom. The van der Waals surface area contributed by atoms with Gasteiger partial charge in [0, 0.05) is 19.2 Å². The Hall–Kier alpha value is -1.14. The summed E-state index contributed by atoms with van der Waals surface area (Å²) in [7, 11) is -3.35. The molecule has 2 N–H and O–H groups in total. The monoisotopic (exact) mass is 352 g/mol. The van der Waals surface area contributed by atoms with Gasteiger partial charge < -0.3 is 0 Å². The number of nitrogens with one attached hydrogen (secondary N) is 2. The number of anilines is 1. The van der Waals surface area contributed by atoms with Gasteiger partial charge in [0.25, 0.3) is 5.82 Å². The number of pyridine rings is 1. The minimum Gasteiger partial charge on any atom is -0.272 e. The maximum absolute atomic E-state index is 12.7. The quantitative estimate of drug-likeness (QED) is 0.905. The SMILES string of the molecule is O=S(=O)(c1ccc(NC2CCCCCCC2)[nH+]c1)N1CCCCC1. The predicted molar refractivity (Wildman–Crippen MR) is 95.3 cm³/mol. The van der Waals surface area contributed by atoms with Crippen LogP contribution in [0, 0.1) is 0 Å². The molecule has 2 fully saturated rings. The zero-order valence-electron chi connectivity index (χ0n) is 14.5. The molecule has 0 atom stereocenters. The molecule has 0 unspecified atom stereocenters. The zero-order valence-corrected chi connectivity index (χ0v) is 15.3. The summed E-state index contributed by atoms with van der Waals surface area (Å²) in [6.45, 7) is 1.29. The first-order valence-electron chi connectivity index (χ1n) is 9.45. The molecular formula is C18H30N3O2S+. The fourth-order valence-corrected chi connectivity index (χ4v) is 5.22. The van der Waals surface area contributed by atoms with E-state index >= 15 is 0 Å². The van der Waals surface area contributed by atoms with Gasteiger partial charge >= 0.3 is 0 Å². The first kappa shape index (κ1) is 17.7. The van der Waals surface area contributed by atoms with Gasteiger partial charge in [0.05, 0.1) is 6.04 Å². The van der Waals surface area contributed by atoms with E-state index in [0.717, 1.165) is 25.1 Å². The zero-order chi connectivity index (χ0) is 16.8. The van der Waals surface area contributed by atoms with Crippen LogP contribution in [0.15, 0.2) is 23.2 Å². The predicted octanol–water partition coefficient (Wildman–Crippen LogP) is 3.20. The highest BCUT2D eigenvalue weighted by Gasteiger charge is 2.27. The summed E-state index contributed by atoms with van der Waals surface area (Å²) in [5.41, 5.74) is 0. The highest BCUT2D eigenvalue weighted by molar-refractivity contribution is 7.89. The van der Waals surface area contributed by atoms with Crippen LogP contribution in [0.5, 0.6) is 0 Å². The maximum Gasteiger partial charge on any atom is 0.272 e. The molecule has 24 heavy (non-hydrogen) atoms. The van der Waals surface area contributed by atoms with Crippen LogP contribution in [0.25, 0.3) is 0 Å². The van der Waals surface area contributed by atoms with Gasteiger partial charge in [0.2, 0.25) is 10.0 Å². The van der Waals surface area contributed by atoms with Gasteiger partial charge in [-0.05, 0) is 44.6 Å². The molecule has 3 rings (SSSR count). The van der Waals surface area contributed by atoms with Crippen LogP contribution in [-0.4, -0.2) is 31.9 Å². The van der Waals surface area contributed by atoms with Gasteiger partial charge in [-0.2, -0.15) is 4.31 Å². The van der Waals surface area contributed by atoms with Crippen LogP contribution in [0.3, 0.4) is 0 Å². The molecule has 5 nitrogen and oxygen atoms in total. The van der Waals surface area contributed by atoms with Crippen molar-refractivity contribution in [3.05, 3.63) is 18.3 Å². The van der Waals surface area contributed by atoms with E-state index in [1.807, 2.05) is 6.07 Å². The summed E-state index contributed by atoms with van der Waals surface area (Å²) in [4.78, 5) is 3.52. The smallest absolute Gasteiger partial charge is 0.272 e. The lowest BCUT2D eigenvalue weighted by Gasteiger charge is -2.25. The van der Waals surface area contributed by atoms with Gasteiger partial charge in [0.15, 0.2) is 0 Å². The Kier molecular flexibility index (Phi) is 6.11.